The summed E-state index contributed by atoms with van der Waals surface area (Å²) in [6, 6.07) is 12.5. The van der Waals surface area contributed by atoms with Gasteiger partial charge in [-0.2, -0.15) is 0 Å². The van der Waals surface area contributed by atoms with Gasteiger partial charge in [0, 0.05) is 16.1 Å². The summed E-state index contributed by atoms with van der Waals surface area (Å²) in [6.07, 6.45) is 1.61. The molecule has 5 heteroatoms. The van der Waals surface area contributed by atoms with E-state index in [1.165, 1.54) is 5.41 Å². The molecule has 0 aliphatic carbocycles. The van der Waals surface area contributed by atoms with Crippen molar-refractivity contribution in [2.75, 3.05) is 5.32 Å². The Morgan fingerprint density at radius 1 is 1.00 bits per heavy atom. The Bertz CT molecular complexity index is 765. The number of anilines is 2. The third-order valence-electron chi connectivity index (χ3n) is 2.88. The van der Waals surface area contributed by atoms with Gasteiger partial charge < -0.3 is 5.32 Å². The van der Waals surface area contributed by atoms with Crippen LogP contribution in [-0.4, -0.2) is 8.42 Å². The molecule has 0 radical (unpaired) electrons. The first-order valence-corrected chi connectivity index (χ1v) is 7.57. The molecule has 0 amide bonds. The Hall–Kier alpha value is -1.78. The van der Waals surface area contributed by atoms with Crippen molar-refractivity contribution in [1.29, 1.82) is 0 Å². The normalized spacial score (nSPS) is 15.2. The molecule has 0 bridgehead atoms. The topological polar surface area (TPSA) is 46.2 Å². The van der Waals surface area contributed by atoms with Gasteiger partial charge >= 0.3 is 0 Å². The molecule has 96 valence electrons. The highest BCUT2D eigenvalue weighted by molar-refractivity contribution is 7.95. The summed E-state index contributed by atoms with van der Waals surface area (Å²) >= 11 is 5.82. The Balaban J connectivity index is 2.05. The maximum absolute atomic E-state index is 12.0. The molecule has 0 unspecified atom stereocenters. The second-order valence-corrected chi connectivity index (χ2v) is 6.41. The largest absolute Gasteiger partial charge is 0.354 e. The highest BCUT2D eigenvalue weighted by Gasteiger charge is 2.24. The average molecular weight is 292 g/mol. The fourth-order valence-electron chi connectivity index (χ4n) is 2.02. The van der Waals surface area contributed by atoms with Crippen molar-refractivity contribution in [3.8, 4) is 0 Å². The lowest BCUT2D eigenvalue weighted by Crippen LogP contribution is -2.00. The number of hydrogen-bond acceptors (Lipinski definition) is 3. The maximum atomic E-state index is 12.0. The zero-order valence-corrected chi connectivity index (χ0v) is 11.4. The zero-order chi connectivity index (χ0) is 13.5. The van der Waals surface area contributed by atoms with Crippen LogP contribution in [0.2, 0.25) is 5.02 Å². The van der Waals surface area contributed by atoms with Crippen molar-refractivity contribution in [1.82, 2.24) is 0 Å². The molecular weight excluding hydrogens is 282 g/mol. The number of nitrogens with one attached hydrogen (secondary N) is 1. The predicted molar refractivity (Wildman–Crippen MR) is 77.4 cm³/mol. The highest BCUT2D eigenvalue weighted by atomic mass is 35.5. The molecular formula is C14H10ClNO2S. The van der Waals surface area contributed by atoms with E-state index in [2.05, 4.69) is 5.32 Å². The molecule has 1 aliphatic rings. The third kappa shape index (κ3) is 2.25. The standard InChI is InChI=1S/C14H10ClNO2S/c15-11-4-6-12(7-5-11)16-13-3-1-2-10-8-9-19(17,18)14(10)13/h1-9,16H. The lowest BCUT2D eigenvalue weighted by molar-refractivity contribution is 0.606. The summed E-state index contributed by atoms with van der Waals surface area (Å²) in [4.78, 5) is 0.324. The van der Waals surface area contributed by atoms with Gasteiger partial charge in [0.15, 0.2) is 0 Å². The molecule has 0 saturated heterocycles. The first-order valence-electron chi connectivity index (χ1n) is 5.65. The van der Waals surface area contributed by atoms with E-state index >= 15 is 0 Å². The second kappa shape index (κ2) is 4.40. The molecule has 0 fully saturated rings. The lowest BCUT2D eigenvalue weighted by atomic mass is 10.2. The van der Waals surface area contributed by atoms with Gasteiger partial charge in [0.2, 0.25) is 9.84 Å². The summed E-state index contributed by atoms with van der Waals surface area (Å²) in [5.74, 6) is 0. The molecule has 3 rings (SSSR count). The SMILES string of the molecule is O=S1(=O)C=Cc2cccc(Nc3ccc(Cl)cc3)c21. The first kappa shape index (κ1) is 12.3. The quantitative estimate of drug-likeness (QED) is 0.914. The van der Waals surface area contributed by atoms with Crippen LogP contribution in [0, 0.1) is 0 Å². The van der Waals surface area contributed by atoms with Crippen molar-refractivity contribution < 1.29 is 8.42 Å². The maximum Gasteiger partial charge on any atom is 0.202 e. The number of rotatable bonds is 2. The minimum absolute atomic E-state index is 0.324. The number of benzene rings is 2. The Labute approximate surface area is 116 Å². The number of halogens is 1. The van der Waals surface area contributed by atoms with Crippen molar-refractivity contribution in [3.05, 3.63) is 58.5 Å². The van der Waals surface area contributed by atoms with Gasteiger partial charge in [-0.05, 0) is 42.0 Å². The minimum atomic E-state index is -3.33. The zero-order valence-electron chi connectivity index (χ0n) is 9.80. The molecule has 2 aromatic rings. The van der Waals surface area contributed by atoms with Crippen LogP contribution < -0.4 is 5.32 Å². The van der Waals surface area contributed by atoms with E-state index in [9.17, 15) is 8.42 Å². The summed E-state index contributed by atoms with van der Waals surface area (Å²) in [5.41, 5.74) is 2.07. The third-order valence-corrected chi connectivity index (χ3v) is 4.65. The Kier molecular flexibility index (Phi) is 2.84. The van der Waals surface area contributed by atoms with Gasteiger partial charge in [0.05, 0.1) is 5.69 Å². The van der Waals surface area contributed by atoms with Gasteiger partial charge in [-0.15, -0.1) is 0 Å². The van der Waals surface area contributed by atoms with Gasteiger partial charge in [0.25, 0.3) is 0 Å². The van der Waals surface area contributed by atoms with Gasteiger partial charge in [-0.3, -0.25) is 0 Å². The smallest absolute Gasteiger partial charge is 0.202 e. The highest BCUT2D eigenvalue weighted by Crippen LogP contribution is 2.34. The number of hydrogen-bond donors (Lipinski definition) is 1. The van der Waals surface area contributed by atoms with Crippen molar-refractivity contribution in [2.24, 2.45) is 0 Å². The molecule has 1 N–H and O–H groups in total. The first-order chi connectivity index (χ1) is 9.06. The van der Waals surface area contributed by atoms with E-state index in [-0.39, 0.29) is 0 Å². The van der Waals surface area contributed by atoms with E-state index in [0.717, 1.165) is 5.69 Å². The molecule has 0 spiro atoms. The molecule has 19 heavy (non-hydrogen) atoms. The van der Waals surface area contributed by atoms with E-state index < -0.39 is 9.84 Å². The number of fused-ring (bicyclic) bond motifs is 1. The van der Waals surface area contributed by atoms with E-state index in [4.69, 9.17) is 11.6 Å². The fourth-order valence-corrected chi connectivity index (χ4v) is 3.50. The average Bonchev–Trinajstić information content (AvgIpc) is 2.70. The molecule has 1 aliphatic heterocycles. The lowest BCUT2D eigenvalue weighted by Gasteiger charge is -2.11. The van der Waals surface area contributed by atoms with Crippen LogP contribution in [0.4, 0.5) is 11.4 Å². The monoisotopic (exact) mass is 291 g/mol. The van der Waals surface area contributed by atoms with Crippen LogP contribution >= 0.6 is 11.6 Å². The van der Waals surface area contributed by atoms with E-state index in [1.54, 1.807) is 42.5 Å². The fraction of sp³-hybridized carbons (Fsp3) is 0. The van der Waals surface area contributed by atoms with Crippen LogP contribution in [0.15, 0.2) is 52.8 Å². The Morgan fingerprint density at radius 3 is 2.47 bits per heavy atom. The summed E-state index contributed by atoms with van der Waals surface area (Å²) in [5, 5.41) is 4.97. The minimum Gasteiger partial charge on any atom is -0.354 e. The van der Waals surface area contributed by atoms with Crippen molar-refractivity contribution in [2.45, 2.75) is 4.90 Å². The van der Waals surface area contributed by atoms with Crippen LogP contribution in [0.1, 0.15) is 5.56 Å². The molecule has 0 atom stereocenters. The van der Waals surface area contributed by atoms with Crippen molar-refractivity contribution in [3.63, 3.8) is 0 Å². The van der Waals surface area contributed by atoms with Crippen LogP contribution in [-0.2, 0) is 9.84 Å². The summed E-state index contributed by atoms with van der Waals surface area (Å²) in [7, 11) is -3.33. The molecule has 2 aromatic carbocycles. The number of sulfone groups is 1. The van der Waals surface area contributed by atoms with Gasteiger partial charge in [-0.1, -0.05) is 23.7 Å². The predicted octanol–water partition coefficient (Wildman–Crippen LogP) is 3.84. The summed E-state index contributed by atoms with van der Waals surface area (Å²) < 4.78 is 23.9. The van der Waals surface area contributed by atoms with Gasteiger partial charge in [0.1, 0.15) is 4.90 Å². The van der Waals surface area contributed by atoms with E-state index in [0.29, 0.717) is 21.2 Å². The second-order valence-electron chi connectivity index (χ2n) is 4.20. The summed E-state index contributed by atoms with van der Waals surface area (Å²) in [6.45, 7) is 0. The molecule has 0 saturated carbocycles. The van der Waals surface area contributed by atoms with E-state index in [1.807, 2.05) is 6.07 Å². The molecule has 3 nitrogen and oxygen atoms in total. The van der Waals surface area contributed by atoms with Crippen molar-refractivity contribution >= 4 is 38.9 Å². The van der Waals surface area contributed by atoms with Crippen LogP contribution in [0.25, 0.3) is 6.08 Å². The Morgan fingerprint density at radius 2 is 1.74 bits per heavy atom. The van der Waals surface area contributed by atoms with Gasteiger partial charge in [-0.25, -0.2) is 8.42 Å². The molecule has 1 heterocycles. The van der Waals surface area contributed by atoms with Crippen LogP contribution in [0.5, 0.6) is 0 Å². The molecule has 0 aromatic heterocycles. The van der Waals surface area contributed by atoms with Crippen LogP contribution in [0.3, 0.4) is 0 Å².